The first-order valence-corrected chi connectivity index (χ1v) is 18.5. The molecule has 0 amide bonds. The normalized spacial score (nSPS) is 12.0. The van der Waals surface area contributed by atoms with Crippen LogP contribution in [0.3, 0.4) is 0 Å². The van der Waals surface area contributed by atoms with Gasteiger partial charge in [-0.1, -0.05) is 181 Å². The van der Waals surface area contributed by atoms with Gasteiger partial charge in [-0.2, -0.15) is 0 Å². The minimum atomic E-state index is -0.808. The predicted octanol–water partition coefficient (Wildman–Crippen LogP) is 12.5. The van der Waals surface area contributed by atoms with Crippen LogP contribution in [0, 0.1) is 0 Å². The van der Waals surface area contributed by atoms with Crippen LogP contribution in [0.25, 0.3) is 0 Å². The number of hydrogen-bond donors (Lipinski definition) is 1. The molecule has 0 aliphatic carbocycles. The molecule has 0 aliphatic rings. The first-order chi connectivity index (χ1) is 20.1. The number of esters is 1. The predicted molar refractivity (Wildman–Crippen MR) is 177 cm³/mol. The van der Waals surface area contributed by atoms with Crippen molar-refractivity contribution in [2.75, 3.05) is 0 Å². The summed E-state index contributed by atoms with van der Waals surface area (Å²) in [7, 11) is 0. The van der Waals surface area contributed by atoms with E-state index in [1.54, 1.807) is 0 Å². The molecular formula is C37H72O4. The lowest BCUT2D eigenvalue weighted by atomic mass is 10.0. The quantitative estimate of drug-likeness (QED) is 0.0607. The lowest BCUT2D eigenvalue weighted by Crippen LogP contribution is -2.19. The summed E-state index contributed by atoms with van der Waals surface area (Å²) >= 11 is 0. The number of carbonyl (C=O) groups excluding carboxylic acids is 1. The third-order valence-corrected chi connectivity index (χ3v) is 8.59. The van der Waals surface area contributed by atoms with Gasteiger partial charge in [-0.25, -0.2) is 0 Å². The molecular weight excluding hydrogens is 508 g/mol. The van der Waals surface area contributed by atoms with E-state index in [1.807, 2.05) is 0 Å². The zero-order valence-corrected chi connectivity index (χ0v) is 27.9. The number of ether oxygens (including phenoxy) is 1. The van der Waals surface area contributed by atoms with Crippen LogP contribution < -0.4 is 0 Å². The molecule has 1 unspecified atom stereocenters. The highest BCUT2D eigenvalue weighted by molar-refractivity contribution is 5.69. The molecule has 0 aromatic rings. The van der Waals surface area contributed by atoms with Gasteiger partial charge < -0.3 is 9.84 Å². The second-order valence-electron chi connectivity index (χ2n) is 12.8. The van der Waals surface area contributed by atoms with Crippen molar-refractivity contribution in [1.82, 2.24) is 0 Å². The summed E-state index contributed by atoms with van der Waals surface area (Å²) in [4.78, 5) is 23.4. The number of carboxylic acid groups (broad SMARTS) is 1. The molecule has 0 heterocycles. The van der Waals surface area contributed by atoms with Crippen molar-refractivity contribution in [3.63, 3.8) is 0 Å². The van der Waals surface area contributed by atoms with Crippen molar-refractivity contribution >= 4 is 11.9 Å². The number of aliphatic carboxylic acids is 1. The van der Waals surface area contributed by atoms with E-state index in [1.165, 1.54) is 154 Å². The Morgan fingerprint density at radius 1 is 0.439 bits per heavy atom. The van der Waals surface area contributed by atoms with Crippen molar-refractivity contribution in [2.45, 2.75) is 225 Å². The van der Waals surface area contributed by atoms with Gasteiger partial charge in [-0.3, -0.25) is 9.59 Å². The highest BCUT2D eigenvalue weighted by Gasteiger charge is 2.16. The van der Waals surface area contributed by atoms with Gasteiger partial charge in [0.1, 0.15) is 6.10 Å². The zero-order chi connectivity index (χ0) is 30.1. The molecule has 0 rings (SSSR count). The largest absolute Gasteiger partial charge is 0.481 e. The SMILES string of the molecule is CCCCCCCCCCCCCCCCCCCCCC(=O)OC(CCCCCCCCCCC)CCC(=O)O. The molecule has 1 N–H and O–H groups in total. The van der Waals surface area contributed by atoms with Gasteiger partial charge in [-0.15, -0.1) is 0 Å². The molecule has 244 valence electrons. The van der Waals surface area contributed by atoms with E-state index in [2.05, 4.69) is 13.8 Å². The maximum absolute atomic E-state index is 12.4. The highest BCUT2D eigenvalue weighted by atomic mass is 16.5. The Hall–Kier alpha value is -1.06. The van der Waals surface area contributed by atoms with Gasteiger partial charge in [0, 0.05) is 12.8 Å². The summed E-state index contributed by atoms with van der Waals surface area (Å²) < 4.78 is 5.71. The summed E-state index contributed by atoms with van der Waals surface area (Å²) in [6, 6.07) is 0. The van der Waals surface area contributed by atoms with Crippen LogP contribution in [0.1, 0.15) is 219 Å². The average molecular weight is 581 g/mol. The second-order valence-corrected chi connectivity index (χ2v) is 12.8. The maximum atomic E-state index is 12.4. The number of unbranched alkanes of at least 4 members (excludes halogenated alkanes) is 26. The minimum absolute atomic E-state index is 0.0780. The number of carbonyl (C=O) groups is 2. The Bertz CT molecular complexity index is 547. The molecule has 0 aliphatic heterocycles. The van der Waals surface area contributed by atoms with E-state index in [-0.39, 0.29) is 18.5 Å². The van der Waals surface area contributed by atoms with Gasteiger partial charge >= 0.3 is 11.9 Å². The van der Waals surface area contributed by atoms with Crippen LogP contribution in [0.4, 0.5) is 0 Å². The molecule has 0 spiro atoms. The molecule has 4 heteroatoms. The van der Waals surface area contributed by atoms with Crippen molar-refractivity contribution < 1.29 is 19.4 Å². The highest BCUT2D eigenvalue weighted by Crippen LogP contribution is 2.18. The van der Waals surface area contributed by atoms with Crippen LogP contribution in [-0.4, -0.2) is 23.1 Å². The minimum Gasteiger partial charge on any atom is -0.481 e. The van der Waals surface area contributed by atoms with Gasteiger partial charge in [-0.05, 0) is 25.7 Å². The summed E-state index contributed by atoms with van der Waals surface area (Å²) in [6.45, 7) is 4.53. The molecule has 4 nitrogen and oxygen atoms in total. The monoisotopic (exact) mass is 581 g/mol. The van der Waals surface area contributed by atoms with E-state index < -0.39 is 5.97 Å². The van der Waals surface area contributed by atoms with Gasteiger partial charge in [0.2, 0.25) is 0 Å². The summed E-state index contributed by atoms with van der Waals surface area (Å²) in [5, 5.41) is 9.06. The lowest BCUT2D eigenvalue weighted by Gasteiger charge is -2.17. The smallest absolute Gasteiger partial charge is 0.306 e. The Labute approximate surface area is 256 Å². The molecule has 0 fully saturated rings. The van der Waals surface area contributed by atoms with Gasteiger partial charge in [0.15, 0.2) is 0 Å². The Kier molecular flexibility index (Phi) is 32.6. The molecule has 0 bridgehead atoms. The number of carboxylic acids is 1. The van der Waals surface area contributed by atoms with Crippen molar-refractivity contribution in [1.29, 1.82) is 0 Å². The molecule has 41 heavy (non-hydrogen) atoms. The molecule has 0 saturated heterocycles. The third-order valence-electron chi connectivity index (χ3n) is 8.59. The summed E-state index contributed by atoms with van der Waals surface area (Å²) in [6.07, 6.45) is 38.4. The lowest BCUT2D eigenvalue weighted by molar-refractivity contribution is -0.151. The van der Waals surface area contributed by atoms with Crippen molar-refractivity contribution in [3.8, 4) is 0 Å². The number of hydrogen-bond acceptors (Lipinski definition) is 3. The van der Waals surface area contributed by atoms with E-state index in [4.69, 9.17) is 9.84 Å². The Morgan fingerprint density at radius 3 is 1.10 bits per heavy atom. The van der Waals surface area contributed by atoms with E-state index in [9.17, 15) is 9.59 Å². The van der Waals surface area contributed by atoms with Crippen molar-refractivity contribution in [2.24, 2.45) is 0 Å². The van der Waals surface area contributed by atoms with Crippen LogP contribution in [0.5, 0.6) is 0 Å². The Balaban J connectivity index is 3.61. The summed E-state index contributed by atoms with van der Waals surface area (Å²) in [5.41, 5.74) is 0. The fourth-order valence-corrected chi connectivity index (χ4v) is 5.82. The van der Waals surface area contributed by atoms with Crippen LogP contribution in [-0.2, 0) is 14.3 Å². The third kappa shape index (κ3) is 33.3. The first kappa shape index (κ1) is 39.9. The molecule has 0 aromatic carbocycles. The molecule has 0 radical (unpaired) electrons. The average Bonchev–Trinajstić information content (AvgIpc) is 2.96. The van der Waals surface area contributed by atoms with Gasteiger partial charge in [0.05, 0.1) is 0 Å². The Morgan fingerprint density at radius 2 is 0.756 bits per heavy atom. The van der Waals surface area contributed by atoms with Crippen LogP contribution in [0.15, 0.2) is 0 Å². The molecule has 0 aromatic heterocycles. The number of rotatable bonds is 34. The first-order valence-electron chi connectivity index (χ1n) is 18.5. The second kappa shape index (κ2) is 33.4. The zero-order valence-electron chi connectivity index (χ0n) is 27.9. The fourth-order valence-electron chi connectivity index (χ4n) is 5.82. The van der Waals surface area contributed by atoms with Crippen molar-refractivity contribution in [3.05, 3.63) is 0 Å². The standard InChI is InChI=1S/C37H72O4/c1-3-5-7-9-11-13-14-15-16-17-18-19-20-21-22-24-26-28-30-32-37(40)41-35(33-34-36(38)39)31-29-27-25-23-12-10-8-6-4-2/h35H,3-34H2,1-2H3,(H,38,39). The molecule has 1 atom stereocenters. The maximum Gasteiger partial charge on any atom is 0.306 e. The summed E-state index contributed by atoms with van der Waals surface area (Å²) in [5.74, 6) is -0.944. The van der Waals surface area contributed by atoms with E-state index in [0.29, 0.717) is 12.8 Å². The van der Waals surface area contributed by atoms with Crippen LogP contribution >= 0.6 is 0 Å². The van der Waals surface area contributed by atoms with E-state index >= 15 is 0 Å². The topological polar surface area (TPSA) is 63.6 Å². The van der Waals surface area contributed by atoms with Crippen LogP contribution in [0.2, 0.25) is 0 Å². The van der Waals surface area contributed by atoms with Gasteiger partial charge in [0.25, 0.3) is 0 Å². The molecule has 0 saturated carbocycles. The fraction of sp³-hybridized carbons (Fsp3) is 0.946. The van der Waals surface area contributed by atoms with E-state index in [0.717, 1.165) is 32.1 Å².